The summed E-state index contributed by atoms with van der Waals surface area (Å²) >= 11 is 1.41. The molecular formula is C22H32N4O2S. The molecule has 0 bridgehead atoms. The molecule has 2 rings (SSSR count). The number of aromatic nitrogens is 1. The highest BCUT2D eigenvalue weighted by Crippen LogP contribution is 2.16. The summed E-state index contributed by atoms with van der Waals surface area (Å²) < 4.78 is 0. The molecule has 2 N–H and O–H groups in total. The fourth-order valence-electron chi connectivity index (χ4n) is 2.75. The number of nitrogens with one attached hydrogen (secondary N) is 2. The van der Waals surface area contributed by atoms with E-state index in [2.05, 4.69) is 36.4 Å². The van der Waals surface area contributed by atoms with Crippen molar-refractivity contribution in [1.29, 1.82) is 0 Å². The minimum absolute atomic E-state index is 0.146. The van der Waals surface area contributed by atoms with E-state index in [1.807, 2.05) is 24.3 Å². The van der Waals surface area contributed by atoms with Crippen molar-refractivity contribution in [2.45, 2.75) is 59.4 Å². The van der Waals surface area contributed by atoms with Crippen molar-refractivity contribution < 1.29 is 9.59 Å². The van der Waals surface area contributed by atoms with Crippen molar-refractivity contribution in [2.24, 2.45) is 0 Å². The zero-order valence-corrected chi connectivity index (χ0v) is 18.5. The molecular weight excluding hydrogens is 384 g/mol. The summed E-state index contributed by atoms with van der Waals surface area (Å²) in [6, 6.07) is 7.76. The predicted octanol–water partition coefficient (Wildman–Crippen LogP) is 5.07. The molecule has 158 valence electrons. The Morgan fingerprint density at radius 3 is 2.45 bits per heavy atom. The van der Waals surface area contributed by atoms with Gasteiger partial charge < -0.3 is 15.5 Å². The van der Waals surface area contributed by atoms with Gasteiger partial charge in [-0.2, -0.15) is 0 Å². The average Bonchev–Trinajstić information content (AvgIpc) is 3.20. The van der Waals surface area contributed by atoms with Crippen LogP contribution in [0.4, 0.5) is 10.5 Å². The van der Waals surface area contributed by atoms with Crippen molar-refractivity contribution in [2.75, 3.05) is 18.4 Å². The number of amides is 3. The van der Waals surface area contributed by atoms with Crippen LogP contribution < -0.4 is 10.6 Å². The van der Waals surface area contributed by atoms with Crippen LogP contribution in [0.25, 0.3) is 0 Å². The summed E-state index contributed by atoms with van der Waals surface area (Å²) in [4.78, 5) is 31.2. The molecule has 0 radical (unpaired) electrons. The summed E-state index contributed by atoms with van der Waals surface area (Å²) in [7, 11) is 0. The van der Waals surface area contributed by atoms with Crippen LogP contribution in [-0.4, -0.2) is 34.9 Å². The minimum atomic E-state index is -0.151. The Bertz CT molecular complexity index is 773. The molecule has 1 aromatic heterocycles. The van der Waals surface area contributed by atoms with Crippen molar-refractivity contribution in [3.63, 3.8) is 0 Å². The largest absolute Gasteiger partial charge is 0.351 e. The van der Waals surface area contributed by atoms with Gasteiger partial charge in [0.05, 0.1) is 6.54 Å². The SMILES string of the molecule is CCCCNC(=O)c1csc(CN(CCCC)C(=O)Nc2ccc(CC)cc2)n1. The molecule has 2 aromatic rings. The lowest BCUT2D eigenvalue weighted by atomic mass is 10.1. The molecule has 1 aromatic carbocycles. The van der Waals surface area contributed by atoms with E-state index in [0.717, 1.165) is 42.8 Å². The van der Waals surface area contributed by atoms with Gasteiger partial charge in [0, 0.05) is 24.2 Å². The first-order valence-electron chi connectivity index (χ1n) is 10.4. The second-order valence-electron chi connectivity index (χ2n) is 6.99. The van der Waals surface area contributed by atoms with Crippen LogP contribution in [-0.2, 0) is 13.0 Å². The number of hydrogen-bond acceptors (Lipinski definition) is 4. The number of nitrogens with zero attached hydrogens (tertiary/aromatic N) is 2. The number of urea groups is 1. The number of anilines is 1. The Morgan fingerprint density at radius 1 is 1.07 bits per heavy atom. The third-order valence-electron chi connectivity index (χ3n) is 4.61. The number of carbonyl (C=O) groups is 2. The molecule has 0 saturated carbocycles. The van der Waals surface area contributed by atoms with Crippen LogP contribution in [0.5, 0.6) is 0 Å². The molecule has 6 nitrogen and oxygen atoms in total. The van der Waals surface area contributed by atoms with E-state index in [9.17, 15) is 9.59 Å². The topological polar surface area (TPSA) is 74.3 Å². The summed E-state index contributed by atoms with van der Waals surface area (Å²) in [6.45, 7) is 7.98. The highest BCUT2D eigenvalue weighted by molar-refractivity contribution is 7.09. The lowest BCUT2D eigenvalue weighted by molar-refractivity contribution is 0.0948. The molecule has 0 aliphatic carbocycles. The van der Waals surface area contributed by atoms with Gasteiger partial charge in [-0.05, 0) is 37.0 Å². The number of aryl methyl sites for hydroxylation is 1. The highest BCUT2D eigenvalue weighted by Gasteiger charge is 2.17. The molecule has 3 amide bonds. The van der Waals surface area contributed by atoms with Crippen LogP contribution in [0.3, 0.4) is 0 Å². The Kier molecular flexibility index (Phi) is 9.64. The quantitative estimate of drug-likeness (QED) is 0.502. The summed E-state index contributed by atoms with van der Waals surface area (Å²) in [6.07, 6.45) is 4.86. The van der Waals surface area contributed by atoms with Gasteiger partial charge >= 0.3 is 6.03 Å². The zero-order valence-electron chi connectivity index (χ0n) is 17.7. The number of benzene rings is 1. The smallest absolute Gasteiger partial charge is 0.322 e. The van der Waals surface area contributed by atoms with Crippen molar-refractivity contribution in [1.82, 2.24) is 15.2 Å². The molecule has 0 aliphatic rings. The molecule has 0 atom stereocenters. The Labute approximate surface area is 177 Å². The summed E-state index contributed by atoms with van der Waals surface area (Å²) in [5.74, 6) is -0.151. The van der Waals surface area contributed by atoms with Gasteiger partial charge in [-0.1, -0.05) is 45.7 Å². The molecule has 1 heterocycles. The number of carbonyl (C=O) groups excluding carboxylic acids is 2. The van der Waals surface area contributed by atoms with Gasteiger partial charge in [0.15, 0.2) is 0 Å². The first-order valence-corrected chi connectivity index (χ1v) is 11.3. The van der Waals surface area contributed by atoms with Crippen molar-refractivity contribution in [3.05, 3.63) is 45.9 Å². The van der Waals surface area contributed by atoms with Gasteiger partial charge in [-0.15, -0.1) is 11.3 Å². The Morgan fingerprint density at radius 2 is 1.79 bits per heavy atom. The van der Waals surface area contributed by atoms with Gasteiger partial charge in [0.25, 0.3) is 5.91 Å². The Balaban J connectivity index is 2.00. The van der Waals surface area contributed by atoms with Gasteiger partial charge in [0.2, 0.25) is 0 Å². The zero-order chi connectivity index (χ0) is 21.1. The van der Waals surface area contributed by atoms with Crippen LogP contribution in [0.2, 0.25) is 0 Å². The van der Waals surface area contributed by atoms with Crippen LogP contribution >= 0.6 is 11.3 Å². The van der Waals surface area contributed by atoms with Gasteiger partial charge in [-0.25, -0.2) is 9.78 Å². The van der Waals surface area contributed by atoms with Crippen LogP contribution in [0, 0.1) is 0 Å². The molecule has 0 aliphatic heterocycles. The second kappa shape index (κ2) is 12.2. The minimum Gasteiger partial charge on any atom is -0.351 e. The first-order chi connectivity index (χ1) is 14.1. The third-order valence-corrected chi connectivity index (χ3v) is 5.44. The number of hydrogen-bond donors (Lipinski definition) is 2. The van der Waals surface area contributed by atoms with Crippen molar-refractivity contribution >= 4 is 29.0 Å². The number of unbranched alkanes of at least 4 members (excludes halogenated alkanes) is 2. The van der Waals surface area contributed by atoms with E-state index >= 15 is 0 Å². The first kappa shape index (κ1) is 22.9. The average molecular weight is 417 g/mol. The molecule has 0 unspecified atom stereocenters. The number of rotatable bonds is 11. The maximum atomic E-state index is 12.8. The standard InChI is InChI=1S/C22H32N4O2S/c1-4-7-13-23-21(27)19-16-29-20(25-19)15-26(14-8-5-2)22(28)24-18-11-9-17(6-3)10-12-18/h9-12,16H,4-8,13-15H2,1-3H3,(H,23,27)(H,24,28). The van der Waals surface area contributed by atoms with E-state index < -0.39 is 0 Å². The summed E-state index contributed by atoms with van der Waals surface area (Å²) in [5, 5.41) is 8.37. The fraction of sp³-hybridized carbons (Fsp3) is 0.500. The number of thiazole rings is 1. The lowest BCUT2D eigenvalue weighted by Gasteiger charge is -2.22. The molecule has 0 spiro atoms. The molecule has 7 heteroatoms. The fourth-order valence-corrected chi connectivity index (χ4v) is 3.54. The van der Waals surface area contributed by atoms with Gasteiger partial charge in [-0.3, -0.25) is 4.79 Å². The highest BCUT2D eigenvalue weighted by atomic mass is 32.1. The van der Waals surface area contributed by atoms with E-state index in [1.54, 1.807) is 10.3 Å². The second-order valence-corrected chi connectivity index (χ2v) is 7.93. The van der Waals surface area contributed by atoms with Gasteiger partial charge in [0.1, 0.15) is 10.7 Å². The molecule has 29 heavy (non-hydrogen) atoms. The lowest BCUT2D eigenvalue weighted by Crippen LogP contribution is -2.35. The monoisotopic (exact) mass is 416 g/mol. The molecule has 0 fully saturated rings. The van der Waals surface area contributed by atoms with E-state index in [0.29, 0.717) is 25.3 Å². The maximum Gasteiger partial charge on any atom is 0.322 e. The molecule has 0 saturated heterocycles. The van der Waals surface area contributed by atoms with Crippen LogP contribution in [0.15, 0.2) is 29.6 Å². The van der Waals surface area contributed by atoms with E-state index in [-0.39, 0.29) is 11.9 Å². The van der Waals surface area contributed by atoms with E-state index in [4.69, 9.17) is 0 Å². The predicted molar refractivity (Wildman–Crippen MR) is 120 cm³/mol. The van der Waals surface area contributed by atoms with Crippen LogP contribution in [0.1, 0.15) is 67.5 Å². The Hall–Kier alpha value is -2.41. The summed E-state index contributed by atoms with van der Waals surface area (Å²) in [5.41, 5.74) is 2.44. The van der Waals surface area contributed by atoms with Crippen molar-refractivity contribution in [3.8, 4) is 0 Å². The van der Waals surface area contributed by atoms with E-state index in [1.165, 1.54) is 16.9 Å². The maximum absolute atomic E-state index is 12.8. The normalized spacial score (nSPS) is 10.6. The third kappa shape index (κ3) is 7.49.